The number of benzene rings is 3. The number of carboxylic acids is 1. The van der Waals surface area contributed by atoms with Gasteiger partial charge >= 0.3 is 5.97 Å². The molecule has 0 saturated heterocycles. The molecule has 3 N–H and O–H groups in total. The number of fused-ring (bicyclic) bond motifs is 1. The largest absolute Gasteiger partial charge is 0.480 e. The molecule has 5 aromatic rings. The zero-order valence-corrected chi connectivity index (χ0v) is 21.6. The van der Waals surface area contributed by atoms with Gasteiger partial charge in [-0.15, -0.1) is 0 Å². The van der Waals surface area contributed by atoms with E-state index in [9.17, 15) is 14.3 Å². The van der Waals surface area contributed by atoms with Crippen LogP contribution in [0.25, 0.3) is 32.8 Å². The zero-order chi connectivity index (χ0) is 26.6. The van der Waals surface area contributed by atoms with Crippen molar-refractivity contribution < 1.29 is 23.6 Å². The SMILES string of the molecule is COCC(NC(=S)c1c(-c2ccc(Nc3nc4ccc(F)cc4s3)cc2)noc1-c1ccccc1)C(=O)O. The topological polar surface area (TPSA) is 110 Å². The molecule has 0 bridgehead atoms. The standard InChI is InChI=1S/C27H21FN4O4S2/c1-35-14-20(26(33)34)30-25(37)22-23(32-36-24(22)16-5-3-2-4-6-16)15-7-10-18(11-8-15)29-27-31-19-12-9-17(28)13-21(19)38-27/h2-13,20H,14H2,1H3,(H,29,31)(H,30,37)(H,33,34). The molecule has 0 fully saturated rings. The first kappa shape index (κ1) is 25.5. The van der Waals surface area contributed by atoms with Crippen LogP contribution in [0.3, 0.4) is 0 Å². The molecule has 1 atom stereocenters. The Morgan fingerprint density at radius 2 is 1.89 bits per heavy atom. The lowest BCUT2D eigenvalue weighted by molar-refractivity contribution is -0.140. The third-order valence-corrected chi connectivity index (χ3v) is 6.91. The molecule has 5 rings (SSSR count). The Morgan fingerprint density at radius 1 is 1.13 bits per heavy atom. The second-order valence-electron chi connectivity index (χ2n) is 8.25. The molecule has 0 aliphatic carbocycles. The average molecular weight is 549 g/mol. The summed E-state index contributed by atoms with van der Waals surface area (Å²) < 4.78 is 25.0. The van der Waals surface area contributed by atoms with Gasteiger partial charge in [-0.2, -0.15) is 0 Å². The van der Waals surface area contributed by atoms with Gasteiger partial charge in [0.1, 0.15) is 22.5 Å². The molecule has 0 radical (unpaired) electrons. The molecule has 0 amide bonds. The van der Waals surface area contributed by atoms with Crippen molar-refractivity contribution in [2.45, 2.75) is 6.04 Å². The molecule has 38 heavy (non-hydrogen) atoms. The van der Waals surface area contributed by atoms with Gasteiger partial charge in [-0.1, -0.05) is 71.2 Å². The summed E-state index contributed by atoms with van der Waals surface area (Å²) in [4.78, 5) is 16.4. The Hall–Kier alpha value is -4.19. The van der Waals surface area contributed by atoms with E-state index in [1.807, 2.05) is 54.6 Å². The van der Waals surface area contributed by atoms with E-state index in [-0.39, 0.29) is 17.4 Å². The van der Waals surface area contributed by atoms with Crippen LogP contribution in [0.5, 0.6) is 0 Å². The van der Waals surface area contributed by atoms with Crippen molar-refractivity contribution in [1.29, 1.82) is 0 Å². The molecule has 0 spiro atoms. The van der Waals surface area contributed by atoms with E-state index < -0.39 is 12.0 Å². The lowest BCUT2D eigenvalue weighted by Crippen LogP contribution is -2.43. The number of ether oxygens (including phenoxy) is 1. The maximum Gasteiger partial charge on any atom is 0.328 e. The Kier molecular flexibility index (Phi) is 7.40. The normalized spacial score (nSPS) is 11.8. The van der Waals surface area contributed by atoms with E-state index in [4.69, 9.17) is 21.5 Å². The van der Waals surface area contributed by atoms with Crippen molar-refractivity contribution in [3.8, 4) is 22.6 Å². The number of aromatic nitrogens is 2. The lowest BCUT2D eigenvalue weighted by atomic mass is 10.0. The van der Waals surface area contributed by atoms with E-state index in [1.54, 1.807) is 6.07 Å². The zero-order valence-electron chi connectivity index (χ0n) is 20.0. The fraction of sp³-hybridized carbons (Fsp3) is 0.111. The number of thiazole rings is 1. The first-order valence-electron chi connectivity index (χ1n) is 11.4. The Balaban J connectivity index is 1.46. The number of aliphatic carboxylic acids is 1. The predicted molar refractivity (Wildman–Crippen MR) is 148 cm³/mol. The first-order chi connectivity index (χ1) is 18.4. The molecular weight excluding hydrogens is 527 g/mol. The highest BCUT2D eigenvalue weighted by molar-refractivity contribution is 7.80. The summed E-state index contributed by atoms with van der Waals surface area (Å²) in [5.41, 5.74) is 3.88. The molecule has 3 aromatic carbocycles. The maximum atomic E-state index is 13.5. The number of rotatable bonds is 9. The molecule has 1 unspecified atom stereocenters. The molecule has 2 aromatic heterocycles. The third kappa shape index (κ3) is 5.40. The van der Waals surface area contributed by atoms with Crippen molar-refractivity contribution in [2.24, 2.45) is 0 Å². The van der Waals surface area contributed by atoms with Crippen molar-refractivity contribution in [2.75, 3.05) is 19.0 Å². The molecule has 0 saturated carbocycles. The van der Waals surface area contributed by atoms with E-state index in [2.05, 4.69) is 20.8 Å². The summed E-state index contributed by atoms with van der Waals surface area (Å²) >= 11 is 6.99. The number of carboxylic acid groups (broad SMARTS) is 1. The molecule has 8 nitrogen and oxygen atoms in total. The summed E-state index contributed by atoms with van der Waals surface area (Å²) in [6.45, 7) is -0.0739. The smallest absolute Gasteiger partial charge is 0.328 e. The van der Waals surface area contributed by atoms with Crippen LogP contribution in [0.15, 0.2) is 77.3 Å². The summed E-state index contributed by atoms with van der Waals surface area (Å²) in [5, 5.41) is 20.6. The van der Waals surface area contributed by atoms with Crippen molar-refractivity contribution in [3.05, 3.63) is 84.2 Å². The van der Waals surface area contributed by atoms with Gasteiger partial charge in [0.25, 0.3) is 0 Å². The lowest BCUT2D eigenvalue weighted by Gasteiger charge is -2.16. The fourth-order valence-corrected chi connectivity index (χ4v) is 5.09. The number of hydrogen-bond donors (Lipinski definition) is 3. The van der Waals surface area contributed by atoms with E-state index in [1.165, 1.54) is 30.6 Å². The number of nitrogens with one attached hydrogen (secondary N) is 2. The summed E-state index contributed by atoms with van der Waals surface area (Å²) in [7, 11) is 1.42. The fourth-order valence-electron chi connectivity index (χ4n) is 3.84. The second kappa shape index (κ2) is 11.1. The molecule has 0 aliphatic heterocycles. The minimum atomic E-state index is -1.10. The van der Waals surface area contributed by atoms with Gasteiger partial charge in [0.15, 0.2) is 10.9 Å². The van der Waals surface area contributed by atoms with Crippen LogP contribution >= 0.6 is 23.6 Å². The van der Waals surface area contributed by atoms with Crippen molar-refractivity contribution in [1.82, 2.24) is 15.5 Å². The van der Waals surface area contributed by atoms with Crippen LogP contribution in [-0.4, -0.2) is 46.0 Å². The highest BCUT2D eigenvalue weighted by Gasteiger charge is 2.26. The van der Waals surface area contributed by atoms with Gasteiger partial charge in [0, 0.05) is 23.9 Å². The number of anilines is 2. The molecule has 0 aliphatic rings. The van der Waals surface area contributed by atoms with Crippen LogP contribution in [0.4, 0.5) is 15.2 Å². The number of methoxy groups -OCH3 is 1. The first-order valence-corrected chi connectivity index (χ1v) is 12.7. The predicted octanol–water partition coefficient (Wildman–Crippen LogP) is 5.87. The Labute approximate surface area is 226 Å². The summed E-state index contributed by atoms with van der Waals surface area (Å²) in [6, 6.07) is 20.1. The van der Waals surface area contributed by atoms with Gasteiger partial charge in [0.2, 0.25) is 0 Å². The summed E-state index contributed by atoms with van der Waals surface area (Å²) in [5.74, 6) is -0.982. The molecule has 192 valence electrons. The monoisotopic (exact) mass is 548 g/mol. The van der Waals surface area contributed by atoms with Crippen LogP contribution in [0, 0.1) is 5.82 Å². The van der Waals surface area contributed by atoms with Gasteiger partial charge in [-0.05, 0) is 30.3 Å². The van der Waals surface area contributed by atoms with E-state index >= 15 is 0 Å². The van der Waals surface area contributed by atoms with Gasteiger partial charge in [-0.25, -0.2) is 14.2 Å². The average Bonchev–Trinajstić information content (AvgIpc) is 3.53. The van der Waals surface area contributed by atoms with Gasteiger partial charge in [0.05, 0.1) is 22.4 Å². The van der Waals surface area contributed by atoms with Crippen LogP contribution in [0.2, 0.25) is 0 Å². The highest BCUT2D eigenvalue weighted by atomic mass is 32.1. The second-order valence-corrected chi connectivity index (χ2v) is 9.69. The minimum absolute atomic E-state index is 0.0739. The van der Waals surface area contributed by atoms with Gasteiger partial charge < -0.3 is 25.0 Å². The molecule has 11 heteroatoms. The number of carbonyl (C=O) groups is 1. The third-order valence-electron chi connectivity index (χ3n) is 5.65. The number of thiocarbonyl (C=S) groups is 1. The highest BCUT2D eigenvalue weighted by Crippen LogP contribution is 2.34. The number of halogens is 1. The quantitative estimate of drug-likeness (QED) is 0.195. The molecular formula is C27H21FN4O4S2. The van der Waals surface area contributed by atoms with Crippen LogP contribution < -0.4 is 10.6 Å². The Morgan fingerprint density at radius 3 is 2.61 bits per heavy atom. The number of nitrogens with zero attached hydrogens (tertiary/aromatic N) is 2. The number of hydrogen-bond acceptors (Lipinski definition) is 8. The van der Waals surface area contributed by atoms with Gasteiger partial charge in [-0.3, -0.25) is 0 Å². The van der Waals surface area contributed by atoms with Crippen LogP contribution in [0.1, 0.15) is 5.56 Å². The maximum absolute atomic E-state index is 13.5. The Bertz CT molecular complexity index is 1600. The summed E-state index contributed by atoms with van der Waals surface area (Å²) in [6.07, 6.45) is 0. The molecule has 2 heterocycles. The minimum Gasteiger partial charge on any atom is -0.480 e. The van der Waals surface area contributed by atoms with Crippen LogP contribution in [-0.2, 0) is 9.53 Å². The van der Waals surface area contributed by atoms with E-state index in [0.29, 0.717) is 33.2 Å². The van der Waals surface area contributed by atoms with Crippen molar-refractivity contribution in [3.63, 3.8) is 0 Å². The van der Waals surface area contributed by atoms with Crippen molar-refractivity contribution >= 4 is 55.5 Å². The van der Waals surface area contributed by atoms with E-state index in [0.717, 1.165) is 16.0 Å².